The molecule has 0 amide bonds. The van der Waals surface area contributed by atoms with Crippen molar-refractivity contribution in [3.8, 4) is 0 Å². The zero-order chi connectivity index (χ0) is 15.5. The Morgan fingerprint density at radius 2 is 1.67 bits per heavy atom. The molecular formula is C19H26OS. The second kappa shape index (κ2) is 10.4. The molecule has 0 bridgehead atoms. The summed E-state index contributed by atoms with van der Waals surface area (Å²) in [6.07, 6.45) is 8.19. The number of benzene rings is 1. The summed E-state index contributed by atoms with van der Waals surface area (Å²) in [5.41, 5.74) is 2.76. The fourth-order valence-electron chi connectivity index (χ4n) is 1.92. The molecule has 0 aliphatic rings. The van der Waals surface area contributed by atoms with Crippen molar-refractivity contribution in [3.63, 3.8) is 0 Å². The second-order valence-corrected chi connectivity index (χ2v) is 6.60. The van der Waals surface area contributed by atoms with Crippen LogP contribution in [0.15, 0.2) is 58.5 Å². The molecule has 2 heteroatoms. The normalized spacial score (nSPS) is 11.3. The predicted molar refractivity (Wildman–Crippen MR) is 93.8 cm³/mol. The van der Waals surface area contributed by atoms with Crippen LogP contribution in [0, 0.1) is 0 Å². The summed E-state index contributed by atoms with van der Waals surface area (Å²) < 4.78 is 0. The smallest absolute Gasteiger partial charge is 0.143 e. The lowest BCUT2D eigenvalue weighted by molar-refractivity contribution is -0.116. The molecular weight excluding hydrogens is 276 g/mol. The van der Waals surface area contributed by atoms with Gasteiger partial charge in [0.05, 0.1) is 5.75 Å². The topological polar surface area (TPSA) is 17.1 Å². The van der Waals surface area contributed by atoms with Gasteiger partial charge >= 0.3 is 0 Å². The van der Waals surface area contributed by atoms with Gasteiger partial charge in [0.15, 0.2) is 0 Å². The summed E-state index contributed by atoms with van der Waals surface area (Å²) in [5.74, 6) is 0.909. The highest BCUT2D eigenvalue weighted by Crippen LogP contribution is 2.17. The van der Waals surface area contributed by atoms with Crippen LogP contribution < -0.4 is 0 Å². The number of hydrogen-bond acceptors (Lipinski definition) is 2. The average Bonchev–Trinajstić information content (AvgIpc) is 2.46. The predicted octanol–water partition coefficient (Wildman–Crippen LogP) is 5.82. The van der Waals surface area contributed by atoms with E-state index in [1.165, 1.54) is 16.0 Å². The molecule has 0 fully saturated rings. The van der Waals surface area contributed by atoms with Crippen LogP contribution in [0.25, 0.3) is 0 Å². The number of rotatable bonds is 9. The molecule has 1 aromatic carbocycles. The van der Waals surface area contributed by atoms with Gasteiger partial charge in [-0.1, -0.05) is 41.5 Å². The number of carbonyl (C=O) groups is 1. The van der Waals surface area contributed by atoms with Crippen molar-refractivity contribution in [3.05, 3.63) is 53.6 Å². The van der Waals surface area contributed by atoms with E-state index in [1.54, 1.807) is 11.8 Å². The number of Topliss-reactive ketones (excluding diaryl/α,β-unsaturated/α-hetero) is 1. The van der Waals surface area contributed by atoms with Crippen LogP contribution in [0.1, 0.15) is 46.5 Å². The van der Waals surface area contributed by atoms with E-state index in [1.807, 2.05) is 30.3 Å². The highest BCUT2D eigenvalue weighted by Gasteiger charge is 2.02. The number of ketones is 1. The third kappa shape index (κ3) is 9.30. The number of carbonyl (C=O) groups excluding carboxylic acids is 1. The van der Waals surface area contributed by atoms with E-state index in [-0.39, 0.29) is 0 Å². The van der Waals surface area contributed by atoms with Crippen LogP contribution in [0.5, 0.6) is 0 Å². The first-order valence-corrected chi connectivity index (χ1v) is 8.55. The molecule has 0 aromatic heterocycles. The minimum atomic E-state index is 0.331. The quantitative estimate of drug-likeness (QED) is 0.422. The fourth-order valence-corrected chi connectivity index (χ4v) is 2.74. The van der Waals surface area contributed by atoms with E-state index in [2.05, 4.69) is 32.9 Å². The van der Waals surface area contributed by atoms with Crippen molar-refractivity contribution in [1.82, 2.24) is 0 Å². The summed E-state index contributed by atoms with van der Waals surface area (Å²) in [4.78, 5) is 13.0. The summed E-state index contributed by atoms with van der Waals surface area (Å²) in [5, 5.41) is 0. The lowest BCUT2D eigenvalue weighted by atomic mass is 10.1. The Morgan fingerprint density at radius 3 is 2.33 bits per heavy atom. The van der Waals surface area contributed by atoms with Crippen LogP contribution in [-0.4, -0.2) is 11.5 Å². The standard InChI is InChI=1S/C19H26OS/c1-16(2)9-7-10-17(3)11-8-12-18(20)15-21-19-13-5-4-6-14-19/h4-6,9,11,13-14H,7-8,10,12,15H2,1-3H3/b17-11-. The molecule has 0 aliphatic heterocycles. The van der Waals surface area contributed by atoms with Gasteiger partial charge in [-0.25, -0.2) is 0 Å². The Labute approximate surface area is 133 Å². The van der Waals surface area contributed by atoms with E-state index in [0.29, 0.717) is 18.0 Å². The van der Waals surface area contributed by atoms with Crippen LogP contribution in [-0.2, 0) is 4.79 Å². The number of thioether (sulfide) groups is 1. The maximum absolute atomic E-state index is 11.8. The first-order chi connectivity index (χ1) is 10.1. The van der Waals surface area contributed by atoms with E-state index < -0.39 is 0 Å². The molecule has 1 aromatic rings. The molecule has 0 unspecified atom stereocenters. The van der Waals surface area contributed by atoms with Gasteiger partial charge in [0.25, 0.3) is 0 Å². The van der Waals surface area contributed by atoms with Gasteiger partial charge in [-0.2, -0.15) is 0 Å². The lowest BCUT2D eigenvalue weighted by Crippen LogP contribution is -2.00. The van der Waals surface area contributed by atoms with Crippen LogP contribution in [0.3, 0.4) is 0 Å². The van der Waals surface area contributed by atoms with Crippen molar-refractivity contribution < 1.29 is 4.79 Å². The summed E-state index contributed by atoms with van der Waals surface area (Å²) >= 11 is 1.63. The van der Waals surface area contributed by atoms with E-state index >= 15 is 0 Å². The average molecular weight is 302 g/mol. The van der Waals surface area contributed by atoms with Crippen LogP contribution >= 0.6 is 11.8 Å². The Hall–Kier alpha value is -1.28. The Balaban J connectivity index is 2.19. The Bertz CT molecular complexity index is 482. The zero-order valence-electron chi connectivity index (χ0n) is 13.4. The van der Waals surface area contributed by atoms with Gasteiger partial charge < -0.3 is 0 Å². The maximum Gasteiger partial charge on any atom is 0.143 e. The highest BCUT2D eigenvalue weighted by atomic mass is 32.2. The minimum Gasteiger partial charge on any atom is -0.299 e. The van der Waals surface area contributed by atoms with Gasteiger partial charge in [0.1, 0.15) is 5.78 Å². The van der Waals surface area contributed by atoms with Gasteiger partial charge in [0, 0.05) is 11.3 Å². The third-order valence-electron chi connectivity index (χ3n) is 3.15. The third-order valence-corrected chi connectivity index (χ3v) is 4.22. The first-order valence-electron chi connectivity index (χ1n) is 7.56. The van der Waals surface area contributed by atoms with Gasteiger partial charge in [-0.3, -0.25) is 4.79 Å². The van der Waals surface area contributed by atoms with Crippen molar-refractivity contribution in [2.24, 2.45) is 0 Å². The Kier molecular flexibility index (Phi) is 8.84. The van der Waals surface area contributed by atoms with Crippen LogP contribution in [0.4, 0.5) is 0 Å². The van der Waals surface area contributed by atoms with Gasteiger partial charge in [-0.15, -0.1) is 11.8 Å². The summed E-state index contributed by atoms with van der Waals surface area (Å²) in [7, 11) is 0. The molecule has 0 saturated heterocycles. The molecule has 1 rings (SSSR count). The van der Waals surface area contributed by atoms with Gasteiger partial charge in [0.2, 0.25) is 0 Å². The monoisotopic (exact) mass is 302 g/mol. The molecule has 0 radical (unpaired) electrons. The summed E-state index contributed by atoms with van der Waals surface area (Å²) in [6, 6.07) is 10.1. The molecule has 0 aliphatic carbocycles. The van der Waals surface area contributed by atoms with Crippen LogP contribution in [0.2, 0.25) is 0 Å². The minimum absolute atomic E-state index is 0.331. The van der Waals surface area contributed by atoms with Crippen molar-refractivity contribution in [2.45, 2.75) is 51.3 Å². The number of hydrogen-bond donors (Lipinski definition) is 0. The molecule has 0 saturated carbocycles. The molecule has 0 atom stereocenters. The number of allylic oxidation sites excluding steroid dienone is 4. The lowest BCUT2D eigenvalue weighted by Gasteiger charge is -2.01. The summed E-state index contributed by atoms with van der Waals surface area (Å²) in [6.45, 7) is 6.41. The largest absolute Gasteiger partial charge is 0.299 e. The Morgan fingerprint density at radius 1 is 1.00 bits per heavy atom. The van der Waals surface area contributed by atoms with Crippen molar-refractivity contribution >= 4 is 17.5 Å². The highest BCUT2D eigenvalue weighted by molar-refractivity contribution is 8.00. The second-order valence-electron chi connectivity index (χ2n) is 5.55. The molecule has 0 N–H and O–H groups in total. The van der Waals surface area contributed by atoms with Crippen molar-refractivity contribution in [1.29, 1.82) is 0 Å². The maximum atomic E-state index is 11.8. The molecule has 1 nitrogen and oxygen atoms in total. The van der Waals surface area contributed by atoms with E-state index in [0.717, 1.165) is 19.3 Å². The van der Waals surface area contributed by atoms with Gasteiger partial charge in [-0.05, 0) is 52.2 Å². The zero-order valence-corrected chi connectivity index (χ0v) is 14.2. The SMILES string of the molecule is CC(C)=CCC/C(C)=C\CCC(=O)CSc1ccccc1. The molecule has 0 heterocycles. The molecule has 114 valence electrons. The van der Waals surface area contributed by atoms with E-state index in [9.17, 15) is 4.79 Å². The van der Waals surface area contributed by atoms with E-state index in [4.69, 9.17) is 0 Å². The molecule has 21 heavy (non-hydrogen) atoms. The van der Waals surface area contributed by atoms with Crippen molar-refractivity contribution in [2.75, 3.05) is 5.75 Å². The molecule has 0 spiro atoms. The first kappa shape index (κ1) is 17.8. The fraction of sp³-hybridized carbons (Fsp3) is 0.421.